The Balaban J connectivity index is -0.00000000558. The molecule has 0 aromatic rings. The lowest BCUT2D eigenvalue weighted by Gasteiger charge is -1.59. The quantitative estimate of drug-likeness (QED) is 0.302. The van der Waals surface area contributed by atoms with Crippen LogP contribution in [0, 0.1) is 10.8 Å². The van der Waals surface area contributed by atoms with Crippen molar-refractivity contribution in [1.82, 2.24) is 0 Å². The molecule has 0 heterocycles. The van der Waals surface area contributed by atoms with Crippen LogP contribution in [0.2, 0.25) is 0 Å². The Labute approximate surface area is 102 Å². The summed E-state index contributed by atoms with van der Waals surface area (Å²) in [4.78, 5) is 16.7. The van der Waals surface area contributed by atoms with Crippen LogP contribution in [-0.2, 0) is 21.0 Å². The summed E-state index contributed by atoms with van der Waals surface area (Å²) in [5, 5.41) is 10.8. The Kier molecular flexibility index (Phi) is 809. The average molecular weight is 264 g/mol. The van der Waals surface area contributed by atoms with Crippen LogP contribution in [0.3, 0.4) is 0 Å². The van der Waals surface area contributed by atoms with E-state index in [2.05, 4.69) is 0 Å². The van der Waals surface area contributed by atoms with Crippen LogP contribution in [0.25, 0.3) is 0 Å². The molecule has 0 fully saturated rings. The molecule has 0 spiro atoms. The number of nitrogens with one attached hydrogen (secondary N) is 2. The van der Waals surface area contributed by atoms with Gasteiger partial charge >= 0.3 is 0 Å². The average Bonchev–Trinajstić information content (AvgIpc) is 1.65. The van der Waals surface area contributed by atoms with E-state index < -0.39 is 11.4 Å². The first kappa shape index (κ1) is 83.5. The molecule has 0 amide bonds. The van der Waals surface area contributed by atoms with Crippen LogP contribution in [0.1, 0.15) is 44.6 Å². The molecule has 16 heavy (non-hydrogen) atoms. The summed E-state index contributed by atoms with van der Waals surface area (Å²) >= 11 is -2.61. The fourth-order valence-corrected chi connectivity index (χ4v) is 0. The smallest absolute Gasteiger partial charge is 0.284 e. The number of rotatable bonds is 0. The Morgan fingerprint density at radius 1 is 0.750 bits per heavy atom. The van der Waals surface area contributed by atoms with Gasteiger partial charge in [-0.2, -0.15) is 4.21 Å². The van der Waals surface area contributed by atoms with Gasteiger partial charge in [-0.3, -0.25) is 9.11 Å². The van der Waals surface area contributed by atoms with Crippen LogP contribution in [-0.4, -0.2) is 25.5 Å². The largest absolute Gasteiger partial charge is 0.299 e. The topological polar surface area (TPSA) is 139 Å². The fraction of sp³-hybridized carbons (Fsp3) is 0.750. The summed E-state index contributed by atoms with van der Waals surface area (Å²) in [6, 6.07) is 0. The molecule has 0 atom stereocenters. The van der Waals surface area contributed by atoms with Crippen molar-refractivity contribution in [1.29, 1.82) is 10.8 Å². The minimum atomic E-state index is -2.61. The Hall–Kier alpha value is -1.17. The van der Waals surface area contributed by atoms with Gasteiger partial charge in [0.2, 0.25) is 12.2 Å². The third-order valence-corrected chi connectivity index (χ3v) is 0. The van der Waals surface area contributed by atoms with Crippen molar-refractivity contribution in [2.45, 2.75) is 44.6 Å². The van der Waals surface area contributed by atoms with Crippen LogP contribution in [0.5, 0.6) is 0 Å². The molecule has 7 nitrogen and oxygen atoms in total. The molecule has 8 heteroatoms. The summed E-state index contributed by atoms with van der Waals surface area (Å²) in [6.45, 7) is 0. The molecular weight excluding hydrogens is 236 g/mol. The van der Waals surface area contributed by atoms with Crippen molar-refractivity contribution in [2.24, 2.45) is 0 Å². The van der Waals surface area contributed by atoms with E-state index in [4.69, 9.17) is 33.7 Å². The molecule has 0 aromatic heterocycles. The lowest BCUT2D eigenvalue weighted by molar-refractivity contribution is 0.454. The van der Waals surface area contributed by atoms with Crippen LogP contribution in [0.4, 0.5) is 0 Å². The molecule has 0 aliphatic carbocycles. The normalized spacial score (nSPS) is 3.19. The molecule has 4 N–H and O–H groups in total. The van der Waals surface area contributed by atoms with Crippen molar-refractivity contribution in [3.63, 3.8) is 0 Å². The monoisotopic (exact) mass is 264 g/mol. The zero-order chi connectivity index (χ0) is 8.99. The van der Waals surface area contributed by atoms with E-state index in [0.717, 1.165) is 12.2 Å². The first-order chi connectivity index (χ1) is 4.56. The van der Waals surface area contributed by atoms with Crippen molar-refractivity contribution in [2.75, 3.05) is 0 Å². The van der Waals surface area contributed by atoms with Crippen molar-refractivity contribution < 1.29 is 22.9 Å². The highest BCUT2D eigenvalue weighted by Gasteiger charge is 1.62. The summed E-state index contributed by atoms with van der Waals surface area (Å²) in [6.07, 6.45) is 1.50. The second kappa shape index (κ2) is 155. The van der Waals surface area contributed by atoms with Gasteiger partial charge in [-0.1, -0.05) is 44.6 Å². The van der Waals surface area contributed by atoms with Crippen LogP contribution < -0.4 is 0 Å². The van der Waals surface area contributed by atoms with Gasteiger partial charge in [-0.05, 0) is 0 Å². The Morgan fingerprint density at radius 2 is 0.750 bits per heavy atom. The van der Waals surface area contributed by atoms with Crippen LogP contribution >= 0.6 is 0 Å². The first-order valence-corrected chi connectivity index (χ1v) is 2.50. The minimum Gasteiger partial charge on any atom is -0.284 e. The van der Waals surface area contributed by atoms with Gasteiger partial charge in [0.05, 0.1) is 0 Å². The van der Waals surface area contributed by atoms with E-state index >= 15 is 0 Å². The molecule has 106 valence electrons. The number of carbonyl (C=O) groups excluding carboxylic acids is 2. The predicted octanol–water partition coefficient (Wildman–Crippen LogP) is 3.30. The maximum absolute atomic E-state index is 8.67. The van der Waals surface area contributed by atoms with Gasteiger partial charge in [-0.25, -0.2) is 20.4 Å². The van der Waals surface area contributed by atoms with Gasteiger partial charge in [0.15, 0.2) is 0 Å². The maximum atomic E-state index is 8.67. The first-order valence-electron chi connectivity index (χ1n) is 1.44. The molecule has 0 bridgehead atoms. The van der Waals surface area contributed by atoms with E-state index in [1.807, 2.05) is 0 Å². The lowest BCUT2D eigenvalue weighted by atomic mass is 11.7. The molecule has 0 rings (SSSR count). The van der Waals surface area contributed by atoms with E-state index in [1.165, 1.54) is 0 Å². The second-order valence-corrected chi connectivity index (χ2v) is 0.896. The standard InChI is InChI=1S/2CHNO.6CH4.H2O3S/c2*2-1-3;;;;;;;1-4(2)3/h2*2H;6*1H4;(H2,1,2,3). The van der Waals surface area contributed by atoms with Gasteiger partial charge in [0.1, 0.15) is 0 Å². The van der Waals surface area contributed by atoms with Crippen molar-refractivity contribution in [3.8, 4) is 0 Å². The Bertz CT molecular complexity index is 137. The summed E-state index contributed by atoms with van der Waals surface area (Å²) in [7, 11) is 0. The van der Waals surface area contributed by atoms with Gasteiger partial charge < -0.3 is 0 Å². The molecule has 0 radical (unpaired) electrons. The number of hydrogen-bond acceptors (Lipinski definition) is 5. The summed E-state index contributed by atoms with van der Waals surface area (Å²) < 4.78 is 22.8. The lowest BCUT2D eigenvalue weighted by Crippen LogP contribution is -1.74. The third-order valence-electron chi connectivity index (χ3n) is 0. The molecule has 0 aliphatic heterocycles. The van der Waals surface area contributed by atoms with E-state index in [-0.39, 0.29) is 44.6 Å². The molecule has 0 saturated carbocycles. The van der Waals surface area contributed by atoms with Crippen LogP contribution in [0.15, 0.2) is 0 Å². The van der Waals surface area contributed by atoms with E-state index in [1.54, 1.807) is 0 Å². The maximum Gasteiger partial charge on any atom is 0.299 e. The third kappa shape index (κ3) is 1310. The van der Waals surface area contributed by atoms with Gasteiger partial charge in [0, 0.05) is 0 Å². The number of hydrogen-bond donors (Lipinski definition) is 4. The van der Waals surface area contributed by atoms with Crippen molar-refractivity contribution >= 4 is 23.5 Å². The zero-order valence-corrected chi connectivity index (χ0v) is 5.34. The molecule has 0 unspecified atom stereocenters. The fourth-order valence-electron chi connectivity index (χ4n) is 0. The van der Waals surface area contributed by atoms with E-state index in [0.29, 0.717) is 0 Å². The zero-order valence-electron chi connectivity index (χ0n) is 4.53. The second-order valence-electron chi connectivity index (χ2n) is 0.435. The van der Waals surface area contributed by atoms with E-state index in [9.17, 15) is 0 Å². The van der Waals surface area contributed by atoms with Gasteiger partial charge in [0.25, 0.3) is 11.4 Å². The van der Waals surface area contributed by atoms with Crippen molar-refractivity contribution in [3.05, 3.63) is 0 Å². The molecule has 0 aliphatic rings. The Morgan fingerprint density at radius 3 is 0.750 bits per heavy atom. The molecule has 0 saturated heterocycles. The minimum absolute atomic E-state index is 0. The van der Waals surface area contributed by atoms with Gasteiger partial charge in [-0.15, -0.1) is 0 Å². The molecular formula is C8H28N2O5S. The number of isocyanates is 2. The molecule has 0 aromatic carbocycles. The predicted molar refractivity (Wildman–Crippen MR) is 70.6 cm³/mol. The summed E-state index contributed by atoms with van der Waals surface area (Å²) in [5.74, 6) is 0. The highest BCUT2D eigenvalue weighted by atomic mass is 32.2. The SMILES string of the molecule is C.C.C.C.C.C.N=C=O.N=C=O.O=S(O)O. The highest BCUT2D eigenvalue weighted by Crippen LogP contribution is 1.44. The summed E-state index contributed by atoms with van der Waals surface area (Å²) in [5.41, 5.74) is 0. The highest BCUT2D eigenvalue weighted by molar-refractivity contribution is 7.73.